The van der Waals surface area contributed by atoms with Crippen molar-refractivity contribution < 1.29 is 29.1 Å². The predicted octanol–water partition coefficient (Wildman–Crippen LogP) is 5.44. The van der Waals surface area contributed by atoms with E-state index in [1.165, 1.54) is 25.3 Å². The molecule has 3 rings (SSSR count). The first kappa shape index (κ1) is 34.9. The Balaban J connectivity index is 1.74. The molecule has 0 spiro atoms. The molecule has 1 aromatic heterocycles. The van der Waals surface area contributed by atoms with Crippen LogP contribution in [0.3, 0.4) is 0 Å². The molecule has 0 saturated heterocycles. The number of amides is 2. The SMILES string of the molecule is COc1cc(Nc2ncc(C(=O)OC(C)C)c(Nc3ccccc3N(C)SC)n2)ccc1C(=O)NCCCCCCC(=O)NO. The third-order valence-electron chi connectivity index (χ3n) is 6.56. The van der Waals surface area contributed by atoms with Gasteiger partial charge >= 0.3 is 5.97 Å². The molecule has 0 saturated carbocycles. The maximum atomic E-state index is 12.9. The van der Waals surface area contributed by atoms with Crippen molar-refractivity contribution in [3.8, 4) is 5.75 Å². The molecule has 0 radical (unpaired) electrons. The maximum absolute atomic E-state index is 12.9. The number of para-hydroxylation sites is 2. The van der Waals surface area contributed by atoms with Gasteiger partial charge in [-0.3, -0.25) is 14.8 Å². The fourth-order valence-electron chi connectivity index (χ4n) is 4.25. The molecule has 3 aromatic rings. The van der Waals surface area contributed by atoms with Gasteiger partial charge in [-0.1, -0.05) is 36.9 Å². The second-order valence-corrected chi connectivity index (χ2v) is 11.1. The number of nitrogens with one attached hydrogen (secondary N) is 4. The number of esters is 1. The molecule has 0 bridgehead atoms. The third kappa shape index (κ3) is 10.5. The minimum Gasteiger partial charge on any atom is -0.496 e. The van der Waals surface area contributed by atoms with Crippen LogP contribution in [0.1, 0.15) is 66.7 Å². The highest BCUT2D eigenvalue weighted by molar-refractivity contribution is 7.99. The lowest BCUT2D eigenvalue weighted by molar-refractivity contribution is -0.129. The lowest BCUT2D eigenvalue weighted by Gasteiger charge is -2.21. The van der Waals surface area contributed by atoms with Crippen LogP contribution < -0.4 is 30.5 Å². The van der Waals surface area contributed by atoms with Gasteiger partial charge in [0.1, 0.15) is 11.3 Å². The Kier molecular flexibility index (Phi) is 13.7. The van der Waals surface area contributed by atoms with E-state index in [9.17, 15) is 14.4 Å². The molecule has 0 atom stereocenters. The van der Waals surface area contributed by atoms with Crippen molar-refractivity contribution in [1.29, 1.82) is 0 Å². The van der Waals surface area contributed by atoms with Crippen LogP contribution in [0.25, 0.3) is 0 Å². The number of ether oxygens (including phenoxy) is 2. The van der Waals surface area contributed by atoms with Gasteiger partial charge in [0.2, 0.25) is 11.9 Å². The molecule has 13 nitrogen and oxygen atoms in total. The monoisotopic (exact) mass is 639 g/mol. The van der Waals surface area contributed by atoms with Gasteiger partial charge in [0.05, 0.1) is 30.2 Å². The van der Waals surface area contributed by atoms with E-state index in [1.807, 2.05) is 41.9 Å². The number of hydrogen-bond donors (Lipinski definition) is 5. The lowest BCUT2D eigenvalue weighted by Crippen LogP contribution is -2.25. The molecular formula is C31H41N7O6S. The zero-order valence-corrected chi connectivity index (χ0v) is 27.0. The number of hydrogen-bond acceptors (Lipinski definition) is 12. The molecule has 45 heavy (non-hydrogen) atoms. The zero-order valence-electron chi connectivity index (χ0n) is 26.2. The average Bonchev–Trinajstić information content (AvgIpc) is 3.03. The number of methoxy groups -OCH3 is 1. The van der Waals surface area contributed by atoms with Crippen molar-refractivity contribution in [2.75, 3.05) is 41.9 Å². The van der Waals surface area contributed by atoms with Crippen LogP contribution in [-0.2, 0) is 9.53 Å². The number of carbonyl (C=O) groups excluding carboxylic acids is 3. The number of carbonyl (C=O) groups is 3. The summed E-state index contributed by atoms with van der Waals surface area (Å²) < 4.78 is 12.9. The van der Waals surface area contributed by atoms with Gasteiger partial charge in [-0.05, 0) is 51.0 Å². The number of nitrogens with zero attached hydrogens (tertiary/aromatic N) is 3. The second-order valence-electron chi connectivity index (χ2n) is 10.2. The van der Waals surface area contributed by atoms with Gasteiger partial charge in [-0.25, -0.2) is 15.3 Å². The van der Waals surface area contributed by atoms with Gasteiger partial charge in [0.15, 0.2) is 5.82 Å². The highest BCUT2D eigenvalue weighted by Crippen LogP contribution is 2.32. The number of unbranched alkanes of at least 4 members (excludes halogenated alkanes) is 3. The summed E-state index contributed by atoms with van der Waals surface area (Å²) in [5, 5.41) is 17.8. The van der Waals surface area contributed by atoms with Gasteiger partial charge in [-0.15, -0.1) is 0 Å². The molecule has 14 heteroatoms. The lowest BCUT2D eigenvalue weighted by atomic mass is 10.1. The minimum atomic E-state index is -0.555. The summed E-state index contributed by atoms with van der Waals surface area (Å²) in [6.45, 7) is 4.01. The molecule has 2 aromatic carbocycles. The highest BCUT2D eigenvalue weighted by atomic mass is 32.2. The average molecular weight is 640 g/mol. The number of rotatable bonds is 17. The minimum absolute atomic E-state index is 0.177. The predicted molar refractivity (Wildman–Crippen MR) is 176 cm³/mol. The quantitative estimate of drug-likeness (QED) is 0.0418. The van der Waals surface area contributed by atoms with E-state index in [-0.39, 0.29) is 35.8 Å². The smallest absolute Gasteiger partial charge is 0.343 e. The fraction of sp³-hybridized carbons (Fsp3) is 0.387. The molecule has 0 aliphatic carbocycles. The van der Waals surface area contributed by atoms with Crippen LogP contribution >= 0.6 is 11.9 Å². The van der Waals surface area contributed by atoms with Gasteiger partial charge in [-0.2, -0.15) is 4.98 Å². The molecule has 5 N–H and O–H groups in total. The van der Waals surface area contributed by atoms with Crippen LogP contribution in [0.4, 0.5) is 28.8 Å². The van der Waals surface area contributed by atoms with Gasteiger partial charge < -0.3 is 29.7 Å². The number of benzene rings is 2. The van der Waals surface area contributed by atoms with Crippen LogP contribution in [0.2, 0.25) is 0 Å². The second kappa shape index (κ2) is 17.7. The maximum Gasteiger partial charge on any atom is 0.343 e. The molecule has 0 fully saturated rings. The van der Waals surface area contributed by atoms with E-state index in [1.54, 1.807) is 37.5 Å². The van der Waals surface area contributed by atoms with Crippen molar-refractivity contribution in [3.05, 3.63) is 59.8 Å². The molecule has 0 aliphatic rings. The van der Waals surface area contributed by atoms with Gasteiger partial charge in [0, 0.05) is 44.2 Å². The Bertz CT molecular complexity index is 1460. The highest BCUT2D eigenvalue weighted by Gasteiger charge is 2.20. The van der Waals surface area contributed by atoms with E-state index in [0.717, 1.165) is 30.6 Å². The van der Waals surface area contributed by atoms with Crippen molar-refractivity contribution in [2.45, 2.75) is 52.1 Å². The number of aromatic nitrogens is 2. The zero-order chi connectivity index (χ0) is 32.8. The van der Waals surface area contributed by atoms with Crippen LogP contribution in [0.15, 0.2) is 48.7 Å². The number of anilines is 5. The third-order valence-corrected chi connectivity index (χ3v) is 7.31. The van der Waals surface area contributed by atoms with Crippen LogP contribution in [0, 0.1) is 0 Å². The Hall–Kier alpha value is -4.56. The Morgan fingerprint density at radius 1 is 1.02 bits per heavy atom. The van der Waals surface area contributed by atoms with Crippen molar-refractivity contribution in [2.24, 2.45) is 0 Å². The van der Waals surface area contributed by atoms with Crippen molar-refractivity contribution in [3.63, 3.8) is 0 Å². The standard InChI is InChI=1S/C31H41N7O6S/c1-20(2)44-30(41)23-19-33-31(36-28(23)35-24-12-9-10-13-25(24)38(3)45-5)34-21-15-16-22(26(18-21)43-4)29(40)32-17-11-7-6-8-14-27(39)37-42/h9-10,12-13,15-16,18-20,42H,6-8,11,14,17H2,1-5H3,(H,32,40)(H,37,39)(H2,33,34,35,36). The molecule has 0 unspecified atom stereocenters. The van der Waals surface area contributed by atoms with Crippen molar-refractivity contribution >= 4 is 58.6 Å². The largest absolute Gasteiger partial charge is 0.496 e. The summed E-state index contributed by atoms with van der Waals surface area (Å²) in [4.78, 5) is 45.8. The first-order valence-corrected chi connectivity index (χ1v) is 15.7. The summed E-state index contributed by atoms with van der Waals surface area (Å²) >= 11 is 1.54. The summed E-state index contributed by atoms with van der Waals surface area (Å²) in [7, 11) is 3.42. The topological polar surface area (TPSA) is 167 Å². The first-order valence-electron chi connectivity index (χ1n) is 14.5. The van der Waals surface area contributed by atoms with E-state index >= 15 is 0 Å². The summed E-state index contributed by atoms with van der Waals surface area (Å²) in [6.07, 6.45) is 6.38. The Labute approximate surface area is 267 Å². The van der Waals surface area contributed by atoms with Gasteiger partial charge in [0.25, 0.3) is 5.91 Å². The molecule has 242 valence electrons. The molecule has 0 aliphatic heterocycles. The summed E-state index contributed by atoms with van der Waals surface area (Å²) in [6, 6.07) is 12.7. The van der Waals surface area contributed by atoms with Crippen LogP contribution in [-0.4, -0.2) is 66.0 Å². The number of hydroxylamine groups is 1. The molecule has 2 amide bonds. The summed E-state index contributed by atoms with van der Waals surface area (Å²) in [5.74, 6) is -0.397. The van der Waals surface area contributed by atoms with E-state index in [2.05, 4.69) is 25.9 Å². The first-order chi connectivity index (χ1) is 21.7. The normalized spacial score (nSPS) is 10.6. The molecular weight excluding hydrogens is 598 g/mol. The van der Waals surface area contributed by atoms with E-state index < -0.39 is 11.9 Å². The van der Waals surface area contributed by atoms with Crippen molar-refractivity contribution in [1.82, 2.24) is 20.8 Å². The molecule has 1 heterocycles. The Morgan fingerprint density at radius 3 is 2.49 bits per heavy atom. The Morgan fingerprint density at radius 2 is 1.78 bits per heavy atom. The summed E-state index contributed by atoms with van der Waals surface area (Å²) in [5.41, 5.74) is 4.37. The van der Waals surface area contributed by atoms with E-state index in [0.29, 0.717) is 30.0 Å². The van der Waals surface area contributed by atoms with E-state index in [4.69, 9.17) is 14.7 Å². The fourth-order valence-corrected chi connectivity index (χ4v) is 4.60. The van der Waals surface area contributed by atoms with Crippen LogP contribution in [0.5, 0.6) is 5.75 Å².